The van der Waals surface area contributed by atoms with E-state index in [4.69, 9.17) is 16.3 Å². The van der Waals surface area contributed by atoms with Crippen LogP contribution in [-0.4, -0.2) is 57.1 Å². The molecular formula is C24H31BrClN3O5S. The number of rotatable bonds is 11. The Hall–Kier alpha value is -2.30. The van der Waals surface area contributed by atoms with E-state index in [2.05, 4.69) is 21.2 Å². The first-order valence-electron chi connectivity index (χ1n) is 11.0. The molecule has 2 amide bonds. The molecule has 8 nitrogen and oxygen atoms in total. The van der Waals surface area contributed by atoms with Crippen LogP contribution in [0.25, 0.3) is 0 Å². The Labute approximate surface area is 220 Å². The average molecular weight is 589 g/mol. The highest BCUT2D eigenvalue weighted by atomic mass is 79.9. The van der Waals surface area contributed by atoms with Gasteiger partial charge in [0.2, 0.25) is 21.8 Å². The molecule has 11 heteroatoms. The zero-order valence-electron chi connectivity index (χ0n) is 20.4. The third-order valence-electron chi connectivity index (χ3n) is 5.50. The van der Waals surface area contributed by atoms with Gasteiger partial charge < -0.3 is 15.0 Å². The molecule has 0 heterocycles. The molecule has 0 aliphatic carbocycles. The maximum Gasteiger partial charge on any atom is 0.244 e. The SMILES string of the molecule is CC[C@H](C)NC(=O)[C@@H](C)N(Cc1cccc(Br)c1)C(=O)CN(c1cc(Cl)ccc1OC)S(C)(=O)=O. The van der Waals surface area contributed by atoms with Gasteiger partial charge in [-0.1, -0.05) is 46.6 Å². The number of ether oxygens (including phenoxy) is 1. The van der Waals surface area contributed by atoms with Crippen molar-refractivity contribution in [3.8, 4) is 5.75 Å². The van der Waals surface area contributed by atoms with E-state index in [0.717, 1.165) is 27.0 Å². The molecule has 2 rings (SSSR count). The number of sulfonamides is 1. The number of carbonyl (C=O) groups is 2. The van der Waals surface area contributed by atoms with Crippen LogP contribution in [0, 0.1) is 0 Å². The minimum Gasteiger partial charge on any atom is -0.495 e. The quantitative estimate of drug-likeness (QED) is 0.424. The molecule has 0 aliphatic heterocycles. The summed E-state index contributed by atoms with van der Waals surface area (Å²) in [6, 6.07) is 10.9. The molecule has 0 spiro atoms. The van der Waals surface area contributed by atoms with Crippen molar-refractivity contribution in [3.05, 3.63) is 57.5 Å². The number of halogens is 2. The summed E-state index contributed by atoms with van der Waals surface area (Å²) in [5.41, 5.74) is 0.914. The molecule has 192 valence electrons. The van der Waals surface area contributed by atoms with Crippen molar-refractivity contribution >= 4 is 55.1 Å². The number of carbonyl (C=O) groups excluding carboxylic acids is 2. The Bertz CT molecular complexity index is 1160. The monoisotopic (exact) mass is 587 g/mol. The Kier molecular flexibility index (Phi) is 10.4. The number of nitrogens with zero attached hydrogens (tertiary/aromatic N) is 2. The topological polar surface area (TPSA) is 96.0 Å². The van der Waals surface area contributed by atoms with Crippen molar-refractivity contribution in [2.24, 2.45) is 0 Å². The molecular weight excluding hydrogens is 558 g/mol. The van der Waals surface area contributed by atoms with Gasteiger partial charge in [0.25, 0.3) is 0 Å². The lowest BCUT2D eigenvalue weighted by Crippen LogP contribution is -2.52. The van der Waals surface area contributed by atoms with Gasteiger partial charge in [-0.2, -0.15) is 0 Å². The molecule has 2 aromatic carbocycles. The molecule has 2 atom stereocenters. The third-order valence-corrected chi connectivity index (χ3v) is 7.35. The van der Waals surface area contributed by atoms with Gasteiger partial charge in [0.15, 0.2) is 0 Å². The maximum atomic E-state index is 13.6. The summed E-state index contributed by atoms with van der Waals surface area (Å²) in [6.07, 6.45) is 1.73. The van der Waals surface area contributed by atoms with Gasteiger partial charge in [0, 0.05) is 22.1 Å². The molecule has 1 N–H and O–H groups in total. The molecule has 2 aromatic rings. The second-order valence-corrected chi connectivity index (χ2v) is 11.5. The fourth-order valence-corrected chi connectivity index (χ4v) is 4.79. The Morgan fingerprint density at radius 2 is 1.86 bits per heavy atom. The minimum absolute atomic E-state index is 0.0731. The highest BCUT2D eigenvalue weighted by Crippen LogP contribution is 2.33. The summed E-state index contributed by atoms with van der Waals surface area (Å²) >= 11 is 9.53. The molecule has 0 bridgehead atoms. The maximum absolute atomic E-state index is 13.6. The highest BCUT2D eigenvalue weighted by molar-refractivity contribution is 9.10. The summed E-state index contributed by atoms with van der Waals surface area (Å²) < 4.78 is 32.5. The Morgan fingerprint density at radius 1 is 1.17 bits per heavy atom. The zero-order valence-corrected chi connectivity index (χ0v) is 23.6. The van der Waals surface area contributed by atoms with Crippen LogP contribution in [0.4, 0.5) is 5.69 Å². The molecule has 0 unspecified atom stereocenters. The molecule has 0 aliphatic rings. The van der Waals surface area contributed by atoms with Crippen molar-refractivity contribution < 1.29 is 22.7 Å². The van der Waals surface area contributed by atoms with E-state index >= 15 is 0 Å². The lowest BCUT2D eigenvalue weighted by atomic mass is 10.1. The largest absolute Gasteiger partial charge is 0.495 e. The van der Waals surface area contributed by atoms with Crippen LogP contribution in [0.15, 0.2) is 46.9 Å². The standard InChI is InChI=1S/C24H31BrClN3O5S/c1-6-16(2)27-24(31)17(3)28(14-18-8-7-9-19(25)12-18)23(30)15-29(35(5,32)33)21-13-20(26)10-11-22(21)34-4/h7-13,16-17H,6,14-15H2,1-5H3,(H,27,31)/t16-,17+/m0/s1. The number of anilines is 1. The van der Waals surface area contributed by atoms with E-state index in [1.54, 1.807) is 13.0 Å². The lowest BCUT2D eigenvalue weighted by Gasteiger charge is -2.32. The van der Waals surface area contributed by atoms with Crippen molar-refractivity contribution in [2.45, 2.75) is 45.8 Å². The van der Waals surface area contributed by atoms with Crippen molar-refractivity contribution in [3.63, 3.8) is 0 Å². The summed E-state index contributed by atoms with van der Waals surface area (Å²) in [7, 11) is -2.51. The first-order chi connectivity index (χ1) is 16.4. The molecule has 0 aromatic heterocycles. The van der Waals surface area contributed by atoms with Crippen LogP contribution >= 0.6 is 27.5 Å². The average Bonchev–Trinajstić information content (AvgIpc) is 2.79. The zero-order chi connectivity index (χ0) is 26.3. The van der Waals surface area contributed by atoms with Gasteiger partial charge in [-0.3, -0.25) is 13.9 Å². The summed E-state index contributed by atoms with van der Waals surface area (Å²) in [5, 5.41) is 3.18. The van der Waals surface area contributed by atoms with E-state index in [-0.39, 0.29) is 35.0 Å². The van der Waals surface area contributed by atoms with Crippen molar-refractivity contribution in [1.29, 1.82) is 0 Å². The van der Waals surface area contributed by atoms with Crippen LogP contribution in [0.5, 0.6) is 5.75 Å². The number of nitrogens with one attached hydrogen (secondary N) is 1. The van der Waals surface area contributed by atoms with Crippen LogP contribution in [-0.2, 0) is 26.2 Å². The smallest absolute Gasteiger partial charge is 0.244 e. The van der Waals surface area contributed by atoms with Gasteiger partial charge in [0.1, 0.15) is 18.3 Å². The highest BCUT2D eigenvalue weighted by Gasteiger charge is 2.31. The molecule has 0 radical (unpaired) electrons. The predicted molar refractivity (Wildman–Crippen MR) is 142 cm³/mol. The number of hydrogen-bond acceptors (Lipinski definition) is 5. The molecule has 35 heavy (non-hydrogen) atoms. The lowest BCUT2D eigenvalue weighted by molar-refractivity contribution is -0.139. The van der Waals surface area contributed by atoms with Crippen LogP contribution in [0.3, 0.4) is 0 Å². The van der Waals surface area contributed by atoms with Gasteiger partial charge in [-0.05, 0) is 56.2 Å². The molecule has 0 saturated heterocycles. The second-order valence-electron chi connectivity index (χ2n) is 8.23. The van der Waals surface area contributed by atoms with E-state index < -0.39 is 28.5 Å². The Balaban J connectivity index is 2.46. The second kappa shape index (κ2) is 12.6. The summed E-state index contributed by atoms with van der Waals surface area (Å²) in [5.74, 6) is -0.633. The first-order valence-corrected chi connectivity index (χ1v) is 14.0. The number of methoxy groups -OCH3 is 1. The summed E-state index contributed by atoms with van der Waals surface area (Å²) in [4.78, 5) is 27.9. The van der Waals surface area contributed by atoms with Crippen molar-refractivity contribution in [1.82, 2.24) is 10.2 Å². The normalized spacial score (nSPS) is 13.0. The van der Waals surface area contributed by atoms with E-state index in [1.165, 1.54) is 24.1 Å². The van der Waals surface area contributed by atoms with E-state index in [9.17, 15) is 18.0 Å². The minimum atomic E-state index is -3.91. The third kappa shape index (κ3) is 8.12. The van der Waals surface area contributed by atoms with E-state index in [1.807, 2.05) is 38.1 Å². The van der Waals surface area contributed by atoms with Crippen LogP contribution in [0.1, 0.15) is 32.8 Å². The van der Waals surface area contributed by atoms with Crippen LogP contribution in [0.2, 0.25) is 5.02 Å². The predicted octanol–water partition coefficient (Wildman–Crippen LogP) is 4.21. The van der Waals surface area contributed by atoms with Gasteiger partial charge >= 0.3 is 0 Å². The first kappa shape index (κ1) is 28.9. The van der Waals surface area contributed by atoms with Gasteiger partial charge in [-0.15, -0.1) is 0 Å². The number of amides is 2. The van der Waals surface area contributed by atoms with Gasteiger partial charge in [-0.25, -0.2) is 8.42 Å². The van der Waals surface area contributed by atoms with Crippen LogP contribution < -0.4 is 14.4 Å². The fourth-order valence-electron chi connectivity index (χ4n) is 3.33. The molecule has 0 saturated carbocycles. The number of benzene rings is 2. The fraction of sp³-hybridized carbons (Fsp3) is 0.417. The molecule has 0 fully saturated rings. The van der Waals surface area contributed by atoms with Crippen molar-refractivity contribution in [2.75, 3.05) is 24.2 Å². The van der Waals surface area contributed by atoms with Gasteiger partial charge in [0.05, 0.1) is 19.1 Å². The van der Waals surface area contributed by atoms with E-state index in [0.29, 0.717) is 0 Å². The summed E-state index contributed by atoms with van der Waals surface area (Å²) in [6.45, 7) is 5.02. The Morgan fingerprint density at radius 3 is 2.43 bits per heavy atom. The number of hydrogen-bond donors (Lipinski definition) is 1.